The zero-order chi connectivity index (χ0) is 38.6. The van der Waals surface area contributed by atoms with Crippen molar-refractivity contribution < 1.29 is 24.0 Å². The number of anilines is 4. The number of fused-ring (bicyclic) bond motifs is 1. The molecule has 53 heavy (non-hydrogen) atoms. The summed E-state index contributed by atoms with van der Waals surface area (Å²) in [5.41, 5.74) is 3.81. The number of rotatable bonds is 12. The average molecular weight is 787 g/mol. The van der Waals surface area contributed by atoms with Crippen LogP contribution in [0.1, 0.15) is 48.4 Å². The number of nitrogens with one attached hydrogen (secondary N) is 6. The number of aliphatic imine (C=N–C) groups is 1. The maximum atomic E-state index is 13.3. The van der Waals surface area contributed by atoms with Crippen LogP contribution in [0.3, 0.4) is 0 Å². The van der Waals surface area contributed by atoms with Crippen molar-refractivity contribution in [3.05, 3.63) is 94.9 Å². The number of amidine groups is 1. The average Bonchev–Trinajstić information content (AvgIpc) is 3.86. The number of aromatic nitrogens is 4. The molecule has 5 amide bonds. The van der Waals surface area contributed by atoms with E-state index in [0.29, 0.717) is 47.1 Å². The van der Waals surface area contributed by atoms with Gasteiger partial charge < -0.3 is 50.2 Å². The molecule has 4 heterocycles. The number of amides is 5. The Bertz CT molecular complexity index is 2310. The molecule has 0 aliphatic carbocycles. The van der Waals surface area contributed by atoms with Crippen LogP contribution in [0.25, 0.3) is 10.9 Å². The molecule has 16 nitrogen and oxygen atoms in total. The number of hydrogen-bond donors (Lipinski definition) is 6. The molecule has 5 rings (SSSR count). The predicted octanol–water partition coefficient (Wildman–Crippen LogP) is 4.17. The minimum Gasteiger partial charge on any atom is -0.377 e. The van der Waals surface area contributed by atoms with E-state index >= 15 is 0 Å². The summed E-state index contributed by atoms with van der Waals surface area (Å²) >= 11 is 3.06. The molecule has 0 bridgehead atoms. The van der Waals surface area contributed by atoms with Crippen molar-refractivity contribution in [3.63, 3.8) is 0 Å². The topological polar surface area (TPSA) is 190 Å². The summed E-state index contributed by atoms with van der Waals surface area (Å²) < 4.78 is 6.70. The maximum absolute atomic E-state index is 13.3. The second kappa shape index (κ2) is 15.9. The van der Waals surface area contributed by atoms with Gasteiger partial charge in [0.25, 0.3) is 29.5 Å². The third kappa shape index (κ3) is 8.58. The molecule has 276 valence electrons. The molecule has 17 heteroatoms. The lowest BCUT2D eigenvalue weighted by atomic mass is 10.2. The monoisotopic (exact) mass is 785 g/mol. The van der Waals surface area contributed by atoms with Gasteiger partial charge in [-0.15, -0.1) is 0 Å². The molecule has 6 N–H and O–H groups in total. The fraction of sp³-hybridized carbons (Fsp3) is 0.222. The summed E-state index contributed by atoms with van der Waals surface area (Å²) in [4.78, 5) is 68.7. The van der Waals surface area contributed by atoms with Gasteiger partial charge in [0, 0.05) is 90.4 Å². The highest BCUT2D eigenvalue weighted by molar-refractivity contribution is 9.12. The third-order valence-corrected chi connectivity index (χ3v) is 8.83. The smallest absolute Gasteiger partial charge is 0.272 e. The molecule has 4 aromatic heterocycles. The van der Waals surface area contributed by atoms with E-state index in [1.54, 1.807) is 116 Å². The van der Waals surface area contributed by atoms with Crippen molar-refractivity contribution in [1.29, 1.82) is 0 Å². The summed E-state index contributed by atoms with van der Waals surface area (Å²) in [6.07, 6.45) is 5.41. The number of hydrogen-bond acceptors (Lipinski definition) is 6. The lowest BCUT2D eigenvalue weighted by Crippen LogP contribution is -2.30. The van der Waals surface area contributed by atoms with Gasteiger partial charge in [-0.25, -0.2) is 0 Å². The Balaban J connectivity index is 1.21. The molecule has 0 aliphatic rings. The second-order valence-corrected chi connectivity index (χ2v) is 13.1. The van der Waals surface area contributed by atoms with E-state index < -0.39 is 17.7 Å². The van der Waals surface area contributed by atoms with Gasteiger partial charge in [0.15, 0.2) is 0 Å². The fourth-order valence-corrected chi connectivity index (χ4v) is 5.84. The molecule has 0 fully saturated rings. The van der Waals surface area contributed by atoms with Crippen molar-refractivity contribution in [2.24, 2.45) is 33.2 Å². The van der Waals surface area contributed by atoms with E-state index in [0.717, 1.165) is 16.7 Å². The van der Waals surface area contributed by atoms with Crippen LogP contribution < -0.4 is 31.9 Å². The number of aryl methyl sites for hydroxylation is 4. The number of halogens is 1. The fourth-order valence-electron chi connectivity index (χ4n) is 5.74. The lowest BCUT2D eigenvalue weighted by Gasteiger charge is -2.07. The Morgan fingerprint density at radius 3 is 1.64 bits per heavy atom. The first-order valence-corrected chi connectivity index (χ1v) is 17.1. The molecular weight excluding hydrogens is 746 g/mol. The summed E-state index contributed by atoms with van der Waals surface area (Å²) in [6, 6.07) is 11.7. The van der Waals surface area contributed by atoms with Crippen LogP contribution in [0.2, 0.25) is 0 Å². The highest BCUT2D eigenvalue weighted by Crippen LogP contribution is 2.25. The Morgan fingerprint density at radius 2 is 1.17 bits per heavy atom. The Hall–Kier alpha value is -6.36. The first-order chi connectivity index (χ1) is 25.2. The molecule has 0 aliphatic heterocycles. The van der Waals surface area contributed by atoms with Gasteiger partial charge in [-0.2, -0.15) is 0 Å². The predicted molar refractivity (Wildman–Crippen MR) is 209 cm³/mol. The van der Waals surface area contributed by atoms with E-state index in [-0.39, 0.29) is 27.7 Å². The zero-order valence-electron chi connectivity index (χ0n) is 30.1. The van der Waals surface area contributed by atoms with Crippen LogP contribution in [0.5, 0.6) is 0 Å². The van der Waals surface area contributed by atoms with E-state index in [9.17, 15) is 24.0 Å². The van der Waals surface area contributed by atoms with Crippen molar-refractivity contribution in [1.82, 2.24) is 28.9 Å². The van der Waals surface area contributed by atoms with Crippen molar-refractivity contribution in [2.75, 3.05) is 41.9 Å². The van der Waals surface area contributed by atoms with Gasteiger partial charge in [0.05, 0.1) is 27.4 Å². The van der Waals surface area contributed by atoms with Crippen LogP contribution in [-0.4, -0.2) is 74.3 Å². The maximum Gasteiger partial charge on any atom is 0.272 e. The van der Waals surface area contributed by atoms with Gasteiger partial charge in [-0.1, -0.05) is 6.58 Å². The van der Waals surface area contributed by atoms with Crippen molar-refractivity contribution in [2.45, 2.75) is 6.42 Å². The molecule has 0 unspecified atom stereocenters. The number of benzene rings is 1. The molecule has 0 spiro atoms. The molecular formula is C36H40BrN11O5. The summed E-state index contributed by atoms with van der Waals surface area (Å²) in [7, 11) is 10.3. The summed E-state index contributed by atoms with van der Waals surface area (Å²) in [5.74, 6) is -1.19. The normalized spacial score (nSPS) is 11.3. The lowest BCUT2D eigenvalue weighted by molar-refractivity contribution is -0.112. The Labute approximate surface area is 313 Å². The summed E-state index contributed by atoms with van der Waals surface area (Å²) in [6.45, 7) is 3.96. The highest BCUT2D eigenvalue weighted by Gasteiger charge is 2.20. The first kappa shape index (κ1) is 37.9. The molecule has 1 aromatic carbocycles. The van der Waals surface area contributed by atoms with Gasteiger partial charge >= 0.3 is 0 Å². The quantitative estimate of drug-likeness (QED) is 0.0626. The SMILES string of the molecule is C=C(Br)C(=O)Nc1ccc2c(c1)cc(C(=O)Nc1cc(C(=O)Nc3cc(C(=O)Nc4cc(C(=O)NCCC(=NC)NC)n(C)c4)n(C)c3)n(C)c1)n2C. The number of carbonyl (C=O) groups excluding carboxylic acids is 5. The standard InChI is InChI=1S/C36H40BrN11O5/c1-20(37)32(49)41-22-8-9-26-21(12-22)13-30(48(26)7)36(53)44-25-16-29(47(6)19-25)35(52)43-24-15-28(46(5)18-24)34(51)42-23-14-27(45(4)17-23)33(50)40-11-10-31(38-2)39-3/h8-9,12-19H,1,10-11H2,2-7H3,(H,38,39)(H,40,50)(H,41,49)(H,42,51)(H,43,52)(H,44,53). The zero-order valence-corrected chi connectivity index (χ0v) is 31.6. The van der Waals surface area contributed by atoms with E-state index in [2.05, 4.69) is 59.4 Å². The first-order valence-electron chi connectivity index (χ1n) is 16.3. The minimum atomic E-state index is -0.457. The Kier molecular flexibility index (Phi) is 11.4. The van der Waals surface area contributed by atoms with E-state index in [1.165, 1.54) is 6.07 Å². The van der Waals surface area contributed by atoms with Crippen molar-refractivity contribution in [3.8, 4) is 0 Å². The summed E-state index contributed by atoms with van der Waals surface area (Å²) in [5, 5.41) is 17.7. The van der Waals surface area contributed by atoms with Gasteiger partial charge in [-0.3, -0.25) is 29.0 Å². The van der Waals surface area contributed by atoms with Gasteiger partial charge in [-0.05, 0) is 58.4 Å². The molecule has 0 saturated carbocycles. The molecule has 0 radical (unpaired) electrons. The van der Waals surface area contributed by atoms with Crippen molar-refractivity contribution >= 4 is 85.0 Å². The second-order valence-electron chi connectivity index (χ2n) is 12.2. The van der Waals surface area contributed by atoms with Gasteiger partial charge in [0.1, 0.15) is 22.8 Å². The molecule has 0 atom stereocenters. The molecule has 0 saturated heterocycles. The van der Waals surface area contributed by atoms with Crippen LogP contribution in [0.15, 0.2) is 77.1 Å². The number of nitrogens with zero attached hydrogens (tertiary/aromatic N) is 5. The van der Waals surface area contributed by atoms with Crippen LogP contribution >= 0.6 is 15.9 Å². The van der Waals surface area contributed by atoms with Crippen LogP contribution in [0, 0.1) is 0 Å². The number of carbonyl (C=O) groups is 5. The minimum absolute atomic E-state index is 0.193. The highest BCUT2D eigenvalue weighted by atomic mass is 79.9. The van der Waals surface area contributed by atoms with E-state index in [1.807, 2.05) is 0 Å². The van der Waals surface area contributed by atoms with E-state index in [4.69, 9.17) is 0 Å². The van der Waals surface area contributed by atoms with Gasteiger partial charge in [0.2, 0.25) is 0 Å². The third-order valence-electron chi connectivity index (χ3n) is 8.47. The van der Waals surface area contributed by atoms with Crippen LogP contribution in [-0.2, 0) is 33.0 Å². The largest absolute Gasteiger partial charge is 0.377 e. The van der Waals surface area contributed by atoms with Crippen LogP contribution in [0.4, 0.5) is 22.7 Å². The molecule has 5 aromatic rings. The Morgan fingerprint density at radius 1 is 0.679 bits per heavy atom.